The largest absolute Gasteiger partial charge is 0.383 e. The van der Waals surface area contributed by atoms with Crippen LogP contribution in [0.3, 0.4) is 0 Å². The van der Waals surface area contributed by atoms with Crippen molar-refractivity contribution in [2.75, 3.05) is 31.7 Å². The molecule has 0 radical (unpaired) electrons. The SMILES string of the molecule is CCC(C)N(CCOC)c1ccc(Cl)cc1CCN. The van der Waals surface area contributed by atoms with Gasteiger partial charge in [0.05, 0.1) is 6.61 Å². The minimum Gasteiger partial charge on any atom is -0.383 e. The number of benzene rings is 1. The van der Waals surface area contributed by atoms with Crippen LogP contribution in [0, 0.1) is 0 Å². The van der Waals surface area contributed by atoms with E-state index >= 15 is 0 Å². The van der Waals surface area contributed by atoms with Crippen molar-refractivity contribution in [1.29, 1.82) is 0 Å². The Labute approximate surface area is 121 Å². The molecule has 0 spiro atoms. The molecular formula is C15H25ClN2O. The van der Waals surface area contributed by atoms with Crippen LogP contribution in [0.2, 0.25) is 5.02 Å². The van der Waals surface area contributed by atoms with E-state index in [1.807, 2.05) is 12.1 Å². The summed E-state index contributed by atoms with van der Waals surface area (Å²) in [5.41, 5.74) is 8.14. The lowest BCUT2D eigenvalue weighted by Gasteiger charge is -2.32. The molecule has 0 aliphatic heterocycles. The molecule has 0 amide bonds. The molecule has 1 unspecified atom stereocenters. The number of nitrogens with two attached hydrogens (primary N) is 1. The summed E-state index contributed by atoms with van der Waals surface area (Å²) < 4.78 is 5.22. The van der Waals surface area contributed by atoms with Crippen LogP contribution >= 0.6 is 11.6 Å². The molecule has 0 fully saturated rings. The van der Waals surface area contributed by atoms with Gasteiger partial charge in [-0.25, -0.2) is 0 Å². The third-order valence-electron chi connectivity index (χ3n) is 3.42. The average Bonchev–Trinajstić information content (AvgIpc) is 2.41. The molecule has 1 atom stereocenters. The first kappa shape index (κ1) is 16.3. The van der Waals surface area contributed by atoms with Gasteiger partial charge in [0.25, 0.3) is 0 Å². The van der Waals surface area contributed by atoms with Gasteiger partial charge in [-0.2, -0.15) is 0 Å². The lowest BCUT2D eigenvalue weighted by molar-refractivity contribution is 0.203. The van der Waals surface area contributed by atoms with Crippen molar-refractivity contribution >= 4 is 17.3 Å². The summed E-state index contributed by atoms with van der Waals surface area (Å²) in [7, 11) is 1.73. The third-order valence-corrected chi connectivity index (χ3v) is 3.66. The smallest absolute Gasteiger partial charge is 0.0637 e. The lowest BCUT2D eigenvalue weighted by Crippen LogP contribution is -2.36. The molecule has 4 heteroatoms. The highest BCUT2D eigenvalue weighted by Gasteiger charge is 2.16. The van der Waals surface area contributed by atoms with E-state index in [0.29, 0.717) is 12.6 Å². The molecule has 1 aromatic carbocycles. The van der Waals surface area contributed by atoms with Crippen LogP contribution in [0.4, 0.5) is 5.69 Å². The van der Waals surface area contributed by atoms with Crippen LogP contribution in [0.1, 0.15) is 25.8 Å². The highest BCUT2D eigenvalue weighted by atomic mass is 35.5. The Hall–Kier alpha value is -0.770. The molecule has 0 bridgehead atoms. The normalized spacial score (nSPS) is 12.5. The van der Waals surface area contributed by atoms with Crippen LogP contribution in [0.15, 0.2) is 18.2 Å². The predicted octanol–water partition coefficient (Wildman–Crippen LogP) is 3.09. The summed E-state index contributed by atoms with van der Waals surface area (Å²) in [5.74, 6) is 0. The molecule has 108 valence electrons. The number of hydrogen-bond acceptors (Lipinski definition) is 3. The molecule has 0 aliphatic rings. The molecule has 3 nitrogen and oxygen atoms in total. The summed E-state index contributed by atoms with van der Waals surface area (Å²) in [6, 6.07) is 6.52. The van der Waals surface area contributed by atoms with Crippen LogP contribution in [0.25, 0.3) is 0 Å². The second kappa shape index (κ2) is 8.41. The van der Waals surface area contributed by atoms with E-state index in [1.165, 1.54) is 11.3 Å². The van der Waals surface area contributed by atoms with Crippen LogP contribution < -0.4 is 10.6 Å². The van der Waals surface area contributed by atoms with Gasteiger partial charge in [-0.3, -0.25) is 0 Å². The van der Waals surface area contributed by atoms with E-state index in [2.05, 4.69) is 24.8 Å². The van der Waals surface area contributed by atoms with Gasteiger partial charge in [-0.1, -0.05) is 18.5 Å². The Morgan fingerprint density at radius 2 is 2.16 bits per heavy atom. The van der Waals surface area contributed by atoms with Gasteiger partial charge in [0.15, 0.2) is 0 Å². The standard InChI is InChI=1S/C15H25ClN2O/c1-4-12(2)18(9-10-19-3)15-6-5-14(16)11-13(15)7-8-17/h5-6,11-12H,4,7-10,17H2,1-3H3. The average molecular weight is 285 g/mol. The number of anilines is 1. The number of ether oxygens (including phenoxy) is 1. The van der Waals surface area contributed by atoms with Gasteiger partial charge in [0.1, 0.15) is 0 Å². The van der Waals surface area contributed by atoms with Crippen LogP contribution in [-0.4, -0.2) is 32.8 Å². The molecule has 0 heterocycles. The van der Waals surface area contributed by atoms with E-state index in [1.54, 1.807) is 7.11 Å². The molecule has 0 saturated carbocycles. The minimum atomic E-state index is 0.466. The summed E-state index contributed by atoms with van der Waals surface area (Å²) in [5, 5.41) is 0.767. The van der Waals surface area contributed by atoms with Gasteiger partial charge < -0.3 is 15.4 Å². The van der Waals surface area contributed by atoms with Crippen LogP contribution in [-0.2, 0) is 11.2 Å². The van der Waals surface area contributed by atoms with Crippen molar-refractivity contribution < 1.29 is 4.74 Å². The fourth-order valence-corrected chi connectivity index (χ4v) is 2.37. The molecule has 2 N–H and O–H groups in total. The van der Waals surface area contributed by atoms with Gasteiger partial charge in [0, 0.05) is 30.4 Å². The first-order chi connectivity index (χ1) is 9.13. The molecule has 0 saturated heterocycles. The van der Waals surface area contributed by atoms with Crippen LogP contribution in [0.5, 0.6) is 0 Å². The Balaban J connectivity index is 3.05. The van der Waals surface area contributed by atoms with Gasteiger partial charge in [0.2, 0.25) is 0 Å². The molecule has 1 aromatic rings. The first-order valence-electron chi connectivity index (χ1n) is 6.88. The number of hydrogen-bond donors (Lipinski definition) is 1. The first-order valence-corrected chi connectivity index (χ1v) is 7.25. The maximum absolute atomic E-state index is 6.09. The van der Waals surface area contributed by atoms with Crippen molar-refractivity contribution in [2.45, 2.75) is 32.7 Å². The maximum atomic E-state index is 6.09. The Morgan fingerprint density at radius 3 is 2.74 bits per heavy atom. The second-order valence-electron chi connectivity index (χ2n) is 4.76. The molecule has 1 rings (SSSR count). The lowest BCUT2D eigenvalue weighted by atomic mass is 10.1. The third kappa shape index (κ3) is 4.68. The fourth-order valence-electron chi connectivity index (χ4n) is 2.18. The van der Waals surface area contributed by atoms with Gasteiger partial charge in [-0.05, 0) is 50.1 Å². The molecule has 0 aromatic heterocycles. The zero-order valence-electron chi connectivity index (χ0n) is 12.2. The number of rotatable bonds is 8. The number of halogens is 1. The van der Waals surface area contributed by atoms with E-state index in [4.69, 9.17) is 22.1 Å². The van der Waals surface area contributed by atoms with Crippen molar-refractivity contribution in [3.8, 4) is 0 Å². The molecular weight excluding hydrogens is 260 g/mol. The monoisotopic (exact) mass is 284 g/mol. The fraction of sp³-hybridized carbons (Fsp3) is 0.600. The predicted molar refractivity (Wildman–Crippen MR) is 83.2 cm³/mol. The van der Waals surface area contributed by atoms with Gasteiger partial charge >= 0.3 is 0 Å². The van der Waals surface area contributed by atoms with Crippen molar-refractivity contribution in [3.63, 3.8) is 0 Å². The number of methoxy groups -OCH3 is 1. The van der Waals surface area contributed by atoms with Gasteiger partial charge in [-0.15, -0.1) is 0 Å². The van der Waals surface area contributed by atoms with E-state index in [-0.39, 0.29) is 0 Å². The second-order valence-corrected chi connectivity index (χ2v) is 5.19. The van der Waals surface area contributed by atoms with E-state index in [0.717, 1.165) is 31.0 Å². The summed E-state index contributed by atoms with van der Waals surface area (Å²) >= 11 is 6.09. The zero-order valence-corrected chi connectivity index (χ0v) is 12.9. The minimum absolute atomic E-state index is 0.466. The Kier molecular flexibility index (Phi) is 7.21. The summed E-state index contributed by atoms with van der Waals surface area (Å²) in [6.45, 7) is 6.66. The van der Waals surface area contributed by atoms with Crippen molar-refractivity contribution in [3.05, 3.63) is 28.8 Å². The molecule has 19 heavy (non-hydrogen) atoms. The van der Waals surface area contributed by atoms with Crippen molar-refractivity contribution in [1.82, 2.24) is 0 Å². The summed E-state index contributed by atoms with van der Waals surface area (Å²) in [4.78, 5) is 2.38. The topological polar surface area (TPSA) is 38.5 Å². The number of nitrogens with zero attached hydrogens (tertiary/aromatic N) is 1. The Bertz CT molecular complexity index is 384. The van der Waals surface area contributed by atoms with E-state index in [9.17, 15) is 0 Å². The quantitative estimate of drug-likeness (QED) is 0.797. The summed E-state index contributed by atoms with van der Waals surface area (Å²) in [6.07, 6.45) is 1.93. The molecule has 0 aliphatic carbocycles. The zero-order chi connectivity index (χ0) is 14.3. The van der Waals surface area contributed by atoms with E-state index < -0.39 is 0 Å². The maximum Gasteiger partial charge on any atom is 0.0637 e. The highest BCUT2D eigenvalue weighted by Crippen LogP contribution is 2.27. The highest BCUT2D eigenvalue weighted by molar-refractivity contribution is 6.30. The van der Waals surface area contributed by atoms with Crippen molar-refractivity contribution in [2.24, 2.45) is 5.73 Å². The Morgan fingerprint density at radius 1 is 1.42 bits per heavy atom.